The van der Waals surface area contributed by atoms with Gasteiger partial charge in [-0.15, -0.1) is 0 Å². The van der Waals surface area contributed by atoms with E-state index in [4.69, 9.17) is 9.47 Å². The van der Waals surface area contributed by atoms with Gasteiger partial charge in [0.15, 0.2) is 6.29 Å². The summed E-state index contributed by atoms with van der Waals surface area (Å²) in [6.45, 7) is 0.557. The van der Waals surface area contributed by atoms with Crippen molar-refractivity contribution in [3.8, 4) is 11.1 Å². The highest BCUT2D eigenvalue weighted by Gasteiger charge is 2.47. The monoisotopic (exact) mass is 698 g/mol. The maximum atomic E-state index is 13.0. The van der Waals surface area contributed by atoms with Crippen molar-refractivity contribution in [2.24, 2.45) is 0 Å². The van der Waals surface area contributed by atoms with E-state index in [9.17, 15) is 27.9 Å². The lowest BCUT2D eigenvalue weighted by molar-refractivity contribution is -0.252. The van der Waals surface area contributed by atoms with Crippen molar-refractivity contribution in [2.45, 2.75) is 69.7 Å². The van der Waals surface area contributed by atoms with Gasteiger partial charge in [-0.3, -0.25) is 9.59 Å². The fraction of sp³-hybridized carbons (Fsp3) is 0.308. The third kappa shape index (κ3) is 7.68. The summed E-state index contributed by atoms with van der Waals surface area (Å²) in [5, 5.41) is 12.2. The second-order valence-electron chi connectivity index (χ2n) is 12.9. The Morgan fingerprint density at radius 3 is 2.41 bits per heavy atom. The highest BCUT2D eigenvalue weighted by Crippen LogP contribution is 2.39. The molecule has 3 heterocycles. The molecule has 264 valence electrons. The van der Waals surface area contributed by atoms with Gasteiger partial charge in [-0.1, -0.05) is 78.9 Å². The number of carbonyl (C=O) groups is 2. The van der Waals surface area contributed by atoms with Gasteiger partial charge in [-0.2, -0.15) is 13.2 Å². The zero-order chi connectivity index (χ0) is 35.5. The van der Waals surface area contributed by atoms with Gasteiger partial charge in [0, 0.05) is 25.1 Å². The number of rotatable bonds is 9. The quantitative estimate of drug-likeness (QED) is 0.180. The molecule has 7 rings (SSSR count). The summed E-state index contributed by atoms with van der Waals surface area (Å²) in [6, 6.07) is 30.0. The lowest BCUT2D eigenvalue weighted by Crippen LogP contribution is -2.50. The second-order valence-corrected chi connectivity index (χ2v) is 12.9. The number of aromatic nitrogens is 2. The average Bonchev–Trinajstić information content (AvgIpc) is 3.81. The van der Waals surface area contributed by atoms with E-state index < -0.39 is 30.3 Å². The average molecular weight is 699 g/mol. The third-order valence-corrected chi connectivity index (χ3v) is 9.51. The molecule has 5 aromatic rings. The number of halogens is 3. The number of fused-ring (bicyclic) bond motifs is 1. The summed E-state index contributed by atoms with van der Waals surface area (Å²) in [5.41, 5.74) is 7.17. The number of benzene rings is 4. The summed E-state index contributed by atoms with van der Waals surface area (Å²) in [7, 11) is 0. The van der Waals surface area contributed by atoms with Gasteiger partial charge in [0.1, 0.15) is 6.04 Å². The second kappa shape index (κ2) is 14.7. The van der Waals surface area contributed by atoms with Crippen molar-refractivity contribution in [3.63, 3.8) is 0 Å². The molecule has 2 amide bonds. The van der Waals surface area contributed by atoms with Crippen LogP contribution >= 0.6 is 0 Å². The first-order valence-electron chi connectivity index (χ1n) is 16.9. The van der Waals surface area contributed by atoms with Gasteiger partial charge in [0.2, 0.25) is 5.91 Å². The van der Waals surface area contributed by atoms with Crippen LogP contribution in [0.3, 0.4) is 0 Å². The Hall–Kier alpha value is -5.04. The first kappa shape index (κ1) is 34.4. The molecule has 4 unspecified atom stereocenters. The molecular weight excluding hydrogens is 661 g/mol. The number of aliphatic hydroxyl groups is 1. The van der Waals surface area contributed by atoms with E-state index >= 15 is 0 Å². The van der Waals surface area contributed by atoms with E-state index in [1.165, 1.54) is 0 Å². The molecule has 4 aromatic carbocycles. The van der Waals surface area contributed by atoms with E-state index in [1.54, 1.807) is 0 Å². The molecule has 0 spiro atoms. The standard InChI is InChI=1S/C39H37F3N4O5/c40-39(41,42)38(49)46-18-4-9-34(46)36(48)43-21-26-5-3-6-30(19-26)27-14-16-29(17-15-27)37-50-31(22-45-24-44-32-7-1-2-8-33(32)45)20-35(51-37)28-12-10-25(23-47)11-13-28/h1-3,5-8,10-17,19,24,31,34-35,37,47H,4,9,18,20-23H2,(H,43,48). The smallest absolute Gasteiger partial charge is 0.392 e. The number of hydrogen-bond donors (Lipinski definition) is 2. The number of carbonyl (C=O) groups excluding carboxylic acids is 2. The molecule has 0 radical (unpaired) electrons. The first-order valence-corrected chi connectivity index (χ1v) is 16.9. The Balaban J connectivity index is 1.05. The molecular formula is C39H37F3N4O5. The van der Waals surface area contributed by atoms with Crippen molar-refractivity contribution in [1.82, 2.24) is 19.8 Å². The maximum absolute atomic E-state index is 13.0. The van der Waals surface area contributed by atoms with E-state index in [2.05, 4.69) is 14.9 Å². The molecule has 2 saturated heterocycles. The number of nitrogens with zero attached hydrogens (tertiary/aromatic N) is 3. The molecule has 2 fully saturated rings. The van der Waals surface area contributed by atoms with Crippen molar-refractivity contribution in [2.75, 3.05) is 6.54 Å². The number of nitrogens with one attached hydrogen (secondary N) is 1. The summed E-state index contributed by atoms with van der Waals surface area (Å²) in [5.74, 6) is -2.58. The number of hydrogen-bond acceptors (Lipinski definition) is 6. The highest BCUT2D eigenvalue weighted by atomic mass is 19.4. The van der Waals surface area contributed by atoms with E-state index in [-0.39, 0.29) is 38.3 Å². The normalized spacial score (nSPS) is 20.8. The Morgan fingerprint density at radius 1 is 0.882 bits per heavy atom. The Bertz CT molecular complexity index is 2000. The predicted molar refractivity (Wildman–Crippen MR) is 183 cm³/mol. The van der Waals surface area contributed by atoms with Crippen LogP contribution in [0.25, 0.3) is 22.2 Å². The van der Waals surface area contributed by atoms with Crippen LogP contribution in [-0.2, 0) is 38.8 Å². The minimum absolute atomic E-state index is 0.0372. The molecule has 9 nitrogen and oxygen atoms in total. The molecule has 0 aliphatic carbocycles. The van der Waals surface area contributed by atoms with Crippen LogP contribution in [-0.4, -0.2) is 56.2 Å². The van der Waals surface area contributed by atoms with Crippen molar-refractivity contribution < 1.29 is 37.3 Å². The van der Waals surface area contributed by atoms with Crippen LogP contribution in [0.15, 0.2) is 103 Å². The SMILES string of the molecule is O=C(NCc1cccc(-c2ccc(C3OC(Cn4cnc5ccccc54)CC(c4ccc(CO)cc4)O3)cc2)c1)C1CCCN1C(=O)C(F)(F)F. The van der Waals surface area contributed by atoms with Gasteiger partial charge in [0.25, 0.3) is 0 Å². The summed E-state index contributed by atoms with van der Waals surface area (Å²) >= 11 is 0. The molecule has 1 aromatic heterocycles. The number of para-hydroxylation sites is 2. The van der Waals surface area contributed by atoms with Crippen LogP contribution < -0.4 is 5.32 Å². The van der Waals surface area contributed by atoms with E-state index in [1.807, 2.05) is 103 Å². The minimum atomic E-state index is -5.02. The fourth-order valence-electron chi connectivity index (χ4n) is 6.85. The summed E-state index contributed by atoms with van der Waals surface area (Å²) in [6.07, 6.45) is -3.11. The van der Waals surface area contributed by atoms with Gasteiger partial charge in [-0.05, 0) is 58.9 Å². The fourth-order valence-corrected chi connectivity index (χ4v) is 6.85. The Morgan fingerprint density at radius 2 is 1.65 bits per heavy atom. The van der Waals surface area contributed by atoms with Gasteiger partial charge in [0.05, 0.1) is 42.7 Å². The molecule has 2 aliphatic heterocycles. The zero-order valence-corrected chi connectivity index (χ0v) is 27.6. The molecule has 2 N–H and O–H groups in total. The molecule has 0 saturated carbocycles. The summed E-state index contributed by atoms with van der Waals surface area (Å²) < 4.78 is 54.3. The summed E-state index contributed by atoms with van der Waals surface area (Å²) in [4.78, 5) is 29.8. The molecule has 0 bridgehead atoms. The van der Waals surface area contributed by atoms with Crippen molar-refractivity contribution in [3.05, 3.63) is 126 Å². The number of alkyl halides is 3. The van der Waals surface area contributed by atoms with Crippen LogP contribution in [0.4, 0.5) is 13.2 Å². The van der Waals surface area contributed by atoms with Crippen LogP contribution in [0.5, 0.6) is 0 Å². The van der Waals surface area contributed by atoms with Crippen LogP contribution in [0.2, 0.25) is 0 Å². The van der Waals surface area contributed by atoms with Crippen LogP contribution in [0.1, 0.15) is 53.9 Å². The Kier molecular flexibility index (Phi) is 9.90. The Labute approximate surface area is 292 Å². The van der Waals surface area contributed by atoms with Crippen LogP contribution in [0, 0.1) is 0 Å². The van der Waals surface area contributed by atoms with E-state index in [0.717, 1.165) is 44.4 Å². The largest absolute Gasteiger partial charge is 0.471 e. The third-order valence-electron chi connectivity index (χ3n) is 9.51. The first-order chi connectivity index (χ1) is 24.7. The van der Waals surface area contributed by atoms with Crippen molar-refractivity contribution >= 4 is 22.8 Å². The van der Waals surface area contributed by atoms with Crippen molar-refractivity contribution in [1.29, 1.82) is 0 Å². The molecule has 4 atom stereocenters. The lowest BCUT2D eigenvalue weighted by Gasteiger charge is -2.36. The number of aliphatic hydroxyl groups excluding tert-OH is 1. The predicted octanol–water partition coefficient (Wildman–Crippen LogP) is 6.61. The van der Waals surface area contributed by atoms with E-state index in [0.29, 0.717) is 24.3 Å². The highest BCUT2D eigenvalue weighted by molar-refractivity contribution is 5.90. The number of ether oxygens (including phenoxy) is 2. The number of amides is 2. The lowest BCUT2D eigenvalue weighted by atomic mass is 9.99. The van der Waals surface area contributed by atoms with Gasteiger partial charge >= 0.3 is 12.1 Å². The number of imidazole rings is 1. The number of likely N-dealkylation sites (tertiary alicyclic amines) is 1. The molecule has 2 aliphatic rings. The van der Waals surface area contributed by atoms with Gasteiger partial charge in [-0.25, -0.2) is 4.98 Å². The van der Waals surface area contributed by atoms with Gasteiger partial charge < -0.3 is 29.4 Å². The molecule has 12 heteroatoms. The topological polar surface area (TPSA) is 106 Å². The zero-order valence-electron chi connectivity index (χ0n) is 27.6. The maximum Gasteiger partial charge on any atom is 0.471 e. The minimum Gasteiger partial charge on any atom is -0.392 e. The molecule has 51 heavy (non-hydrogen) atoms.